The number of nitrogens with zero attached hydrogens (tertiary/aromatic N) is 5. The van der Waals surface area contributed by atoms with Crippen LogP contribution in [0, 0.1) is 0 Å². The lowest BCUT2D eigenvalue weighted by Gasteiger charge is -2.07. The third-order valence-electron chi connectivity index (χ3n) is 4.01. The van der Waals surface area contributed by atoms with Gasteiger partial charge in [-0.3, -0.25) is 4.57 Å². The molecule has 0 aliphatic carbocycles. The smallest absolute Gasteiger partial charge is 0.247 e. The molecule has 0 saturated heterocycles. The van der Waals surface area contributed by atoms with Crippen molar-refractivity contribution in [3.8, 4) is 22.8 Å². The molecular formula is C20H15Cl2N5OS. The largest absolute Gasteiger partial charge is 0.420 e. The van der Waals surface area contributed by atoms with Gasteiger partial charge in [-0.05, 0) is 48.5 Å². The van der Waals surface area contributed by atoms with E-state index in [1.54, 1.807) is 18.2 Å². The van der Waals surface area contributed by atoms with Crippen molar-refractivity contribution in [2.75, 3.05) is 0 Å². The Hall–Kier alpha value is -2.61. The van der Waals surface area contributed by atoms with E-state index in [1.807, 2.05) is 41.0 Å². The van der Waals surface area contributed by atoms with Crippen molar-refractivity contribution < 1.29 is 4.42 Å². The summed E-state index contributed by atoms with van der Waals surface area (Å²) < 4.78 is 7.74. The fraction of sp³-hybridized carbons (Fsp3) is 0.100. The van der Waals surface area contributed by atoms with E-state index in [0.29, 0.717) is 34.1 Å². The average Bonchev–Trinajstić information content (AvgIpc) is 3.35. The van der Waals surface area contributed by atoms with Crippen molar-refractivity contribution >= 4 is 35.0 Å². The first-order valence-electron chi connectivity index (χ1n) is 8.65. The number of thioether (sulfide) groups is 1. The highest BCUT2D eigenvalue weighted by molar-refractivity contribution is 7.98. The molecule has 6 nitrogen and oxygen atoms in total. The van der Waals surface area contributed by atoms with Crippen LogP contribution in [0.4, 0.5) is 0 Å². The second-order valence-electron chi connectivity index (χ2n) is 6.01. The Morgan fingerprint density at radius 3 is 2.21 bits per heavy atom. The number of hydrogen-bond acceptors (Lipinski definition) is 6. The van der Waals surface area contributed by atoms with Gasteiger partial charge in [0.2, 0.25) is 11.8 Å². The minimum absolute atomic E-state index is 0.451. The van der Waals surface area contributed by atoms with E-state index >= 15 is 0 Å². The third-order valence-corrected chi connectivity index (χ3v) is 5.47. The Kier molecular flexibility index (Phi) is 5.99. The molecule has 0 saturated carbocycles. The number of halogens is 2. The molecule has 0 aliphatic rings. The van der Waals surface area contributed by atoms with Crippen LogP contribution in [0.25, 0.3) is 22.8 Å². The van der Waals surface area contributed by atoms with Gasteiger partial charge < -0.3 is 4.42 Å². The average molecular weight is 444 g/mol. The Labute approximate surface area is 181 Å². The maximum atomic E-state index is 5.98. The minimum atomic E-state index is 0.451. The maximum absolute atomic E-state index is 5.98. The molecule has 2 aromatic carbocycles. The van der Waals surface area contributed by atoms with Crippen LogP contribution < -0.4 is 0 Å². The monoisotopic (exact) mass is 443 g/mol. The molecule has 0 N–H and O–H groups in total. The number of benzene rings is 2. The lowest BCUT2D eigenvalue weighted by atomic mass is 10.2. The summed E-state index contributed by atoms with van der Waals surface area (Å²) in [5.74, 6) is 2.17. The van der Waals surface area contributed by atoms with Crippen LogP contribution in [0.2, 0.25) is 10.0 Å². The topological polar surface area (TPSA) is 69.6 Å². The van der Waals surface area contributed by atoms with Crippen LogP contribution in [-0.4, -0.2) is 25.0 Å². The van der Waals surface area contributed by atoms with Crippen molar-refractivity contribution in [2.45, 2.75) is 17.5 Å². The molecule has 146 valence electrons. The van der Waals surface area contributed by atoms with Crippen molar-refractivity contribution in [3.63, 3.8) is 0 Å². The quantitative estimate of drug-likeness (QED) is 0.266. The summed E-state index contributed by atoms with van der Waals surface area (Å²) in [6.45, 7) is 4.41. The number of aromatic nitrogens is 5. The van der Waals surface area contributed by atoms with Crippen molar-refractivity contribution in [2.24, 2.45) is 0 Å². The molecule has 0 amide bonds. The van der Waals surface area contributed by atoms with E-state index < -0.39 is 0 Å². The van der Waals surface area contributed by atoms with Gasteiger partial charge in [0.15, 0.2) is 11.0 Å². The predicted molar refractivity (Wildman–Crippen MR) is 115 cm³/mol. The second-order valence-corrected chi connectivity index (χ2v) is 7.82. The fourth-order valence-corrected chi connectivity index (χ4v) is 3.69. The van der Waals surface area contributed by atoms with Gasteiger partial charge in [-0.1, -0.05) is 41.0 Å². The SMILES string of the molecule is C=CCn1c(SCc2nnc(-c3ccc(Cl)cc3)o2)nnc1-c1ccc(Cl)cc1. The summed E-state index contributed by atoms with van der Waals surface area (Å²) in [6.07, 6.45) is 1.80. The highest BCUT2D eigenvalue weighted by Crippen LogP contribution is 2.28. The molecule has 9 heteroatoms. The molecule has 2 heterocycles. The molecular weight excluding hydrogens is 429 g/mol. The molecule has 0 spiro atoms. The first-order valence-corrected chi connectivity index (χ1v) is 10.4. The lowest BCUT2D eigenvalue weighted by Crippen LogP contribution is -2.00. The molecule has 4 aromatic rings. The van der Waals surface area contributed by atoms with E-state index in [9.17, 15) is 0 Å². The molecule has 0 atom stereocenters. The van der Waals surface area contributed by atoms with E-state index in [2.05, 4.69) is 27.0 Å². The highest BCUT2D eigenvalue weighted by Gasteiger charge is 2.16. The summed E-state index contributed by atoms with van der Waals surface area (Å²) in [7, 11) is 0. The highest BCUT2D eigenvalue weighted by atomic mass is 35.5. The van der Waals surface area contributed by atoms with Gasteiger partial charge in [-0.25, -0.2) is 0 Å². The minimum Gasteiger partial charge on any atom is -0.420 e. The zero-order valence-electron chi connectivity index (χ0n) is 15.1. The standard InChI is InChI=1S/C20H15Cl2N5OS/c1-2-11-27-18(13-3-7-15(21)8-4-13)24-26-20(27)29-12-17-23-25-19(28-17)14-5-9-16(22)10-6-14/h2-10H,1,11-12H2. The normalized spacial score (nSPS) is 11.0. The van der Waals surface area contributed by atoms with Crippen LogP contribution in [0.3, 0.4) is 0 Å². The molecule has 0 fully saturated rings. The van der Waals surface area contributed by atoms with Crippen molar-refractivity contribution in [1.29, 1.82) is 0 Å². The second kappa shape index (κ2) is 8.82. The van der Waals surface area contributed by atoms with Crippen molar-refractivity contribution in [1.82, 2.24) is 25.0 Å². The summed E-state index contributed by atoms with van der Waals surface area (Å²) in [4.78, 5) is 0. The number of hydrogen-bond donors (Lipinski definition) is 0. The van der Waals surface area contributed by atoms with Crippen LogP contribution >= 0.6 is 35.0 Å². The van der Waals surface area contributed by atoms with E-state index in [4.69, 9.17) is 27.6 Å². The fourth-order valence-electron chi connectivity index (χ4n) is 2.65. The van der Waals surface area contributed by atoms with E-state index in [0.717, 1.165) is 22.1 Å². The molecule has 0 unspecified atom stereocenters. The lowest BCUT2D eigenvalue weighted by molar-refractivity contribution is 0.528. The summed E-state index contributed by atoms with van der Waals surface area (Å²) >= 11 is 13.4. The van der Waals surface area contributed by atoms with Crippen LogP contribution in [0.1, 0.15) is 5.89 Å². The number of allylic oxidation sites excluding steroid dienone is 1. The van der Waals surface area contributed by atoms with Gasteiger partial charge in [0.25, 0.3) is 0 Å². The predicted octanol–water partition coefficient (Wildman–Crippen LogP) is 5.78. The summed E-state index contributed by atoms with van der Waals surface area (Å²) in [5.41, 5.74) is 1.75. The van der Waals surface area contributed by atoms with Gasteiger partial charge in [0.1, 0.15) is 0 Å². The van der Waals surface area contributed by atoms with Gasteiger partial charge >= 0.3 is 0 Å². The number of rotatable bonds is 7. The molecule has 0 aliphatic heterocycles. The van der Waals surface area contributed by atoms with E-state index in [-0.39, 0.29) is 0 Å². The molecule has 29 heavy (non-hydrogen) atoms. The van der Waals surface area contributed by atoms with Crippen LogP contribution in [0.5, 0.6) is 0 Å². The van der Waals surface area contributed by atoms with Gasteiger partial charge in [-0.15, -0.1) is 27.0 Å². The molecule has 4 rings (SSSR count). The van der Waals surface area contributed by atoms with Gasteiger partial charge in [-0.2, -0.15) is 0 Å². The Balaban J connectivity index is 1.52. The first kappa shape index (κ1) is 19.7. The van der Waals surface area contributed by atoms with E-state index in [1.165, 1.54) is 11.8 Å². The Morgan fingerprint density at radius 1 is 0.897 bits per heavy atom. The van der Waals surface area contributed by atoms with Crippen molar-refractivity contribution in [3.05, 3.63) is 77.1 Å². The zero-order chi connectivity index (χ0) is 20.2. The first-order chi connectivity index (χ1) is 14.1. The maximum Gasteiger partial charge on any atom is 0.247 e. The third kappa shape index (κ3) is 4.53. The zero-order valence-corrected chi connectivity index (χ0v) is 17.5. The van der Waals surface area contributed by atoms with Gasteiger partial charge in [0, 0.05) is 27.7 Å². The van der Waals surface area contributed by atoms with Crippen LogP contribution in [0.15, 0.2) is 70.8 Å². The molecule has 0 radical (unpaired) electrons. The van der Waals surface area contributed by atoms with Crippen LogP contribution in [-0.2, 0) is 12.3 Å². The van der Waals surface area contributed by atoms with Gasteiger partial charge in [0.05, 0.1) is 5.75 Å². The Bertz CT molecular complexity index is 1120. The molecule has 2 aromatic heterocycles. The summed E-state index contributed by atoms with van der Waals surface area (Å²) in [5, 5.41) is 18.9. The molecule has 0 bridgehead atoms. The Morgan fingerprint density at radius 2 is 1.55 bits per heavy atom. The summed E-state index contributed by atoms with van der Waals surface area (Å²) in [6, 6.07) is 14.7.